The van der Waals surface area contributed by atoms with E-state index in [0.717, 1.165) is 43.2 Å². The molecule has 12 atom stereocenters. The van der Waals surface area contributed by atoms with Crippen LogP contribution in [-0.2, 0) is 42.2 Å². The Kier molecular flexibility index (Phi) is 15.5. The van der Waals surface area contributed by atoms with Crippen molar-refractivity contribution in [2.75, 3.05) is 26.9 Å². The van der Waals surface area contributed by atoms with E-state index in [9.17, 15) is 20.1 Å². The maximum atomic E-state index is 15.8. The number of ether oxygens (including phenoxy) is 4. The van der Waals surface area contributed by atoms with Crippen LogP contribution in [0.4, 0.5) is 0 Å². The van der Waals surface area contributed by atoms with Gasteiger partial charge in [0.05, 0.1) is 25.4 Å². The number of carbonyl (C=O) groups excluding carboxylic acids is 2. The third-order valence-corrected chi connectivity index (χ3v) is 21.2. The minimum absolute atomic E-state index is 0.0321. The number of rotatable bonds is 10. The summed E-state index contributed by atoms with van der Waals surface area (Å²) in [6, 6.07) is 38.9. The van der Waals surface area contributed by atoms with Gasteiger partial charge in [-0.15, -0.1) is 0 Å². The maximum absolute atomic E-state index is 15.8. The Morgan fingerprint density at radius 2 is 1.60 bits per heavy atom. The molecule has 1 aromatic heterocycles. The van der Waals surface area contributed by atoms with Crippen molar-refractivity contribution < 1.29 is 48.3 Å². The molecule has 84 heavy (non-hydrogen) atoms. The van der Waals surface area contributed by atoms with E-state index >= 15 is 9.59 Å². The lowest BCUT2D eigenvalue weighted by Gasteiger charge is -2.48. The summed E-state index contributed by atoms with van der Waals surface area (Å²) < 4.78 is 33.5. The topological polar surface area (TPSA) is 162 Å². The van der Waals surface area contributed by atoms with E-state index in [1.807, 2.05) is 6.92 Å². The van der Waals surface area contributed by atoms with Gasteiger partial charge in [0.1, 0.15) is 16.9 Å². The Bertz CT molecular complexity index is 3640. The van der Waals surface area contributed by atoms with Crippen LogP contribution in [0.15, 0.2) is 142 Å². The van der Waals surface area contributed by atoms with Crippen LogP contribution in [-0.4, -0.2) is 65.9 Å². The Morgan fingerprint density at radius 3 is 2.40 bits per heavy atom. The minimum Gasteiger partial charge on any atom is -0.483 e. The smallest absolute Gasteiger partial charge is 0.340 e. The molecule has 11 nitrogen and oxygen atoms in total. The molecule has 3 aliphatic heterocycles. The van der Waals surface area contributed by atoms with Gasteiger partial charge in [0.25, 0.3) is 0 Å². The molecule has 0 radical (unpaired) electrons. The molecule has 8 aliphatic rings. The first-order valence-electron chi connectivity index (χ1n) is 30.9. The van der Waals surface area contributed by atoms with Gasteiger partial charge in [-0.1, -0.05) is 134 Å². The summed E-state index contributed by atoms with van der Waals surface area (Å²) in [4.78, 5) is 45.8. The lowest BCUT2D eigenvalue weighted by atomic mass is 9.56. The highest BCUT2D eigenvalue weighted by Gasteiger charge is 2.59. The Hall–Kier alpha value is -6.89. The van der Waals surface area contributed by atoms with Crippen molar-refractivity contribution in [3.05, 3.63) is 204 Å². The van der Waals surface area contributed by atoms with E-state index in [2.05, 4.69) is 121 Å². The minimum atomic E-state index is -1.36. The van der Waals surface area contributed by atoms with Gasteiger partial charge in [-0.2, -0.15) is 0 Å². The summed E-state index contributed by atoms with van der Waals surface area (Å²) in [7, 11) is 1.52. The standard InChI is InChI=1S/C73H78O11/c1-43(40-75)56-28-20-44-18-21-46(22-19-44)57-29-26-49(48-13-10-15-54(36-48)73-33-9-8-14-53(73)27-25-47-12-5-7-17-62(47)73)35-52(57)38-64(77)81-68-66-63(31-30-59-61(41-76)65(71(79)82-67(59)66)51(32-34-74)42-80-3)84-72(2,69(68)83-70(56)78)55-37-50-24-23-45-11-4-6-16-58(45)60(50)39-55/h4-7,10-13,15-19,21-25,27,30-31,36,49-53,55,57,60,68-69,74-76H,8-9,14,20,26,28-29,32-35,37-42H2,1-3H3/b56-43-/t49-,50+,51-,52-,53-,55+,57+,60-,68-,69+,72+,73-/m1/s1. The molecule has 6 aromatic rings. The van der Waals surface area contributed by atoms with Crippen molar-refractivity contribution in [2.24, 2.45) is 23.7 Å². The number of esters is 2. The van der Waals surface area contributed by atoms with E-state index in [-0.39, 0.29) is 96.7 Å². The molecule has 14 rings (SSSR count). The molecule has 436 valence electrons. The molecule has 11 heteroatoms. The molecular weight excluding hydrogens is 1050 g/mol. The molecule has 0 unspecified atom stereocenters. The molecule has 0 saturated heterocycles. The van der Waals surface area contributed by atoms with Crippen molar-refractivity contribution in [1.29, 1.82) is 0 Å². The molecule has 2 bridgehead atoms. The number of carbonyl (C=O) groups is 2. The average Bonchev–Trinajstić information content (AvgIpc) is 1.68. The average molecular weight is 1130 g/mol. The van der Waals surface area contributed by atoms with Gasteiger partial charge < -0.3 is 38.7 Å². The molecule has 4 heterocycles. The summed E-state index contributed by atoms with van der Waals surface area (Å²) in [6.07, 6.45) is 16.2. The highest BCUT2D eigenvalue weighted by Crippen LogP contribution is 2.59. The largest absolute Gasteiger partial charge is 0.483 e. The number of aliphatic hydroxyl groups excluding tert-OH is 3. The lowest BCUT2D eigenvalue weighted by Crippen LogP contribution is -2.58. The predicted molar refractivity (Wildman–Crippen MR) is 324 cm³/mol. The number of hydrogen-bond donors (Lipinski definition) is 3. The molecule has 5 aliphatic carbocycles. The van der Waals surface area contributed by atoms with Crippen LogP contribution in [0.2, 0.25) is 0 Å². The zero-order chi connectivity index (χ0) is 57.9. The van der Waals surface area contributed by atoms with Crippen LogP contribution < -0.4 is 10.4 Å². The van der Waals surface area contributed by atoms with E-state index in [1.54, 1.807) is 19.1 Å². The van der Waals surface area contributed by atoms with Gasteiger partial charge in [-0.25, -0.2) is 9.59 Å². The molecular formula is C73H78O11. The Labute approximate surface area is 492 Å². The summed E-state index contributed by atoms with van der Waals surface area (Å²) >= 11 is 0. The molecule has 3 saturated carbocycles. The molecule has 0 amide bonds. The van der Waals surface area contributed by atoms with Gasteiger partial charge in [-0.05, 0) is 181 Å². The predicted octanol–water partition coefficient (Wildman–Crippen LogP) is 13.4. The van der Waals surface area contributed by atoms with Gasteiger partial charge >= 0.3 is 17.6 Å². The first-order valence-corrected chi connectivity index (χ1v) is 30.9. The van der Waals surface area contributed by atoms with Crippen LogP contribution in [0.3, 0.4) is 0 Å². The summed E-state index contributed by atoms with van der Waals surface area (Å²) in [6.45, 7) is 2.65. The van der Waals surface area contributed by atoms with Gasteiger partial charge in [0.2, 0.25) is 0 Å². The number of aliphatic hydroxyl groups is 3. The fraction of sp³-hybridized carbons (Fsp3) is 0.438. The van der Waals surface area contributed by atoms with Gasteiger partial charge in [0, 0.05) is 53.9 Å². The number of benzene rings is 5. The summed E-state index contributed by atoms with van der Waals surface area (Å²) in [5, 5.41) is 32.5. The van der Waals surface area contributed by atoms with Crippen molar-refractivity contribution in [1.82, 2.24) is 0 Å². The van der Waals surface area contributed by atoms with Crippen molar-refractivity contribution in [3.63, 3.8) is 0 Å². The zero-order valence-electron chi connectivity index (χ0n) is 48.6. The lowest BCUT2D eigenvalue weighted by molar-refractivity contribution is -0.199. The van der Waals surface area contributed by atoms with Crippen LogP contribution >= 0.6 is 0 Å². The van der Waals surface area contributed by atoms with Gasteiger partial charge in [-0.3, -0.25) is 4.79 Å². The van der Waals surface area contributed by atoms with Crippen LogP contribution in [0.1, 0.15) is 182 Å². The number of fused-ring (bicyclic) bond motifs is 17. The second kappa shape index (κ2) is 23.2. The highest BCUT2D eigenvalue weighted by molar-refractivity contribution is 5.90. The summed E-state index contributed by atoms with van der Waals surface area (Å²) in [5.41, 5.74) is 9.34. The Balaban J connectivity index is 0.938. The number of methoxy groups -OCH3 is 1. The quantitative estimate of drug-likeness (QED) is 0.0680. The van der Waals surface area contributed by atoms with Crippen molar-refractivity contribution >= 4 is 35.1 Å². The SMILES string of the molecule is COC[C@@H](CCO)c1c(CO)c2ccc3c(c2oc1=O)[C@H]1OC(=O)C[C@H]2C[C@H](c4cccc([C@@]56CCCC[C@@H]5C=Cc5ccccc56)c4)CC[C@H]2c2ccc(cc2)CC/C(=C(\C)CO)C(=O)O[C@@H]1[C@](C)([C@H]1C[C@@H]2C=Cc4ccccc4[C@@H]2C1)O3. The number of aryl methyl sites for hydroxylation is 1. The monoisotopic (exact) mass is 1130 g/mol. The fourth-order valence-electron chi connectivity index (χ4n) is 16.9. The second-order valence-electron chi connectivity index (χ2n) is 25.5. The number of allylic oxidation sites excluding steroid dienone is 2. The third-order valence-electron chi connectivity index (χ3n) is 21.2. The third kappa shape index (κ3) is 9.81. The maximum Gasteiger partial charge on any atom is 0.340 e. The Morgan fingerprint density at radius 1 is 0.786 bits per heavy atom. The van der Waals surface area contributed by atoms with E-state index in [4.69, 9.17) is 23.4 Å². The molecule has 0 spiro atoms. The summed E-state index contributed by atoms with van der Waals surface area (Å²) in [5.74, 6) is -0.911. The fourth-order valence-corrected chi connectivity index (χ4v) is 16.9. The van der Waals surface area contributed by atoms with E-state index < -0.39 is 47.9 Å². The molecule has 3 N–H and O–H groups in total. The van der Waals surface area contributed by atoms with Crippen LogP contribution in [0.25, 0.3) is 23.1 Å². The van der Waals surface area contributed by atoms with Crippen LogP contribution in [0, 0.1) is 23.7 Å². The van der Waals surface area contributed by atoms with Gasteiger partial charge in [0.15, 0.2) is 12.2 Å². The van der Waals surface area contributed by atoms with E-state index in [1.165, 1.54) is 53.3 Å². The molecule has 5 aromatic carbocycles. The van der Waals surface area contributed by atoms with Crippen LogP contribution in [0.5, 0.6) is 5.75 Å². The van der Waals surface area contributed by atoms with Crippen molar-refractivity contribution in [2.45, 2.75) is 151 Å². The second-order valence-corrected chi connectivity index (χ2v) is 25.5. The highest BCUT2D eigenvalue weighted by atomic mass is 16.6. The van der Waals surface area contributed by atoms with E-state index in [0.29, 0.717) is 53.0 Å². The molecule has 3 fully saturated rings. The zero-order valence-corrected chi connectivity index (χ0v) is 48.6. The van der Waals surface area contributed by atoms with Crippen molar-refractivity contribution in [3.8, 4) is 5.75 Å². The number of hydrogen-bond acceptors (Lipinski definition) is 11. The normalized spacial score (nSPS) is 29.9. The first kappa shape index (κ1) is 56.3. The first-order chi connectivity index (χ1) is 40.9.